The summed E-state index contributed by atoms with van der Waals surface area (Å²) in [6.45, 7) is 3.74. The Morgan fingerprint density at radius 2 is 2.08 bits per heavy atom. The highest BCUT2D eigenvalue weighted by atomic mass is 16.5. The first-order chi connectivity index (χ1) is 6.06. The molecule has 4 heteroatoms. The van der Waals surface area contributed by atoms with Crippen LogP contribution in [0.4, 0.5) is 4.79 Å². The Morgan fingerprint density at radius 1 is 1.46 bits per heavy atom. The molecule has 0 aliphatic carbocycles. The Morgan fingerprint density at radius 3 is 2.46 bits per heavy atom. The molecule has 0 aromatic heterocycles. The smallest absolute Gasteiger partial charge is 0.409 e. The first kappa shape index (κ1) is 10.3. The molecule has 1 aliphatic heterocycles. The van der Waals surface area contributed by atoms with Crippen LogP contribution in [0.25, 0.3) is 0 Å². The maximum Gasteiger partial charge on any atom is 0.409 e. The average Bonchev–Trinajstić information content (AvgIpc) is 2.46. The van der Waals surface area contributed by atoms with E-state index in [-0.39, 0.29) is 6.09 Å². The first-order valence-electron chi connectivity index (χ1n) is 4.55. The zero-order chi connectivity index (χ0) is 10.0. The Hall–Kier alpha value is -0.770. The van der Waals surface area contributed by atoms with Gasteiger partial charge in [-0.2, -0.15) is 0 Å². The predicted octanol–water partition coefficient (Wildman–Crippen LogP) is 0.635. The summed E-state index contributed by atoms with van der Waals surface area (Å²) < 4.78 is 4.68. The summed E-state index contributed by atoms with van der Waals surface area (Å²) in [6.07, 6.45) is -0.212. The molecule has 2 unspecified atom stereocenters. The van der Waals surface area contributed by atoms with Crippen LogP contribution in [0.3, 0.4) is 0 Å². The van der Waals surface area contributed by atoms with Gasteiger partial charge in [-0.3, -0.25) is 0 Å². The van der Waals surface area contributed by atoms with E-state index in [9.17, 15) is 4.79 Å². The molecule has 1 amide bonds. The summed E-state index contributed by atoms with van der Waals surface area (Å²) in [5.41, 5.74) is 0. The fourth-order valence-electron chi connectivity index (χ4n) is 1.90. The van der Waals surface area contributed by atoms with Gasteiger partial charge in [0.15, 0.2) is 0 Å². The number of hydrogen-bond acceptors (Lipinski definition) is 3. The lowest BCUT2D eigenvalue weighted by Crippen LogP contribution is -2.35. The number of rotatable bonds is 1. The van der Waals surface area contributed by atoms with Crippen LogP contribution < -0.4 is 0 Å². The number of hydrogen-bond donors (Lipinski definition) is 0. The van der Waals surface area contributed by atoms with Gasteiger partial charge < -0.3 is 14.5 Å². The average molecular weight is 186 g/mol. The number of likely N-dealkylation sites (tertiary alicyclic amines) is 1. The van der Waals surface area contributed by atoms with E-state index in [2.05, 4.69) is 16.6 Å². The molecule has 76 valence electrons. The Bertz CT molecular complexity index is 194. The summed E-state index contributed by atoms with van der Waals surface area (Å²) in [6, 6.07) is 0.457. The fraction of sp³-hybridized carbons (Fsp3) is 0.889. The SMILES string of the molecule is COC(=O)N1CC(C)C(N(C)C)C1. The summed E-state index contributed by atoms with van der Waals surface area (Å²) in [7, 11) is 5.51. The molecule has 0 N–H and O–H groups in total. The largest absolute Gasteiger partial charge is 0.453 e. The van der Waals surface area contributed by atoms with E-state index in [1.165, 1.54) is 7.11 Å². The van der Waals surface area contributed by atoms with Crippen LogP contribution in [0.1, 0.15) is 6.92 Å². The molecule has 4 nitrogen and oxygen atoms in total. The van der Waals surface area contributed by atoms with Gasteiger partial charge in [-0.25, -0.2) is 4.79 Å². The van der Waals surface area contributed by atoms with Crippen molar-refractivity contribution in [1.82, 2.24) is 9.80 Å². The summed E-state index contributed by atoms with van der Waals surface area (Å²) in [5, 5.41) is 0. The fourth-order valence-corrected chi connectivity index (χ4v) is 1.90. The Kier molecular flexibility index (Phi) is 3.14. The molecule has 1 rings (SSSR count). The molecule has 0 saturated carbocycles. The van der Waals surface area contributed by atoms with Crippen molar-refractivity contribution in [1.29, 1.82) is 0 Å². The Labute approximate surface area is 79.4 Å². The zero-order valence-electron chi connectivity index (χ0n) is 8.78. The second kappa shape index (κ2) is 3.96. The number of likely N-dealkylation sites (N-methyl/N-ethyl adjacent to an activating group) is 1. The van der Waals surface area contributed by atoms with Crippen molar-refractivity contribution in [3.8, 4) is 0 Å². The van der Waals surface area contributed by atoms with Gasteiger partial charge in [0.1, 0.15) is 0 Å². The van der Waals surface area contributed by atoms with E-state index >= 15 is 0 Å². The van der Waals surface area contributed by atoms with Gasteiger partial charge in [0.25, 0.3) is 0 Å². The third-order valence-electron chi connectivity index (χ3n) is 2.67. The lowest BCUT2D eigenvalue weighted by Gasteiger charge is -2.22. The second-order valence-electron chi connectivity index (χ2n) is 3.88. The maximum absolute atomic E-state index is 11.2. The Balaban J connectivity index is 2.54. The quantitative estimate of drug-likeness (QED) is 0.602. The van der Waals surface area contributed by atoms with Gasteiger partial charge in [0.05, 0.1) is 7.11 Å². The number of methoxy groups -OCH3 is 1. The monoisotopic (exact) mass is 186 g/mol. The molecular formula is C9H18N2O2. The molecule has 1 heterocycles. The highest BCUT2D eigenvalue weighted by Crippen LogP contribution is 2.20. The normalized spacial score (nSPS) is 28.2. The van der Waals surface area contributed by atoms with Crippen molar-refractivity contribution in [2.45, 2.75) is 13.0 Å². The minimum atomic E-state index is -0.212. The number of amides is 1. The van der Waals surface area contributed by atoms with Gasteiger partial charge in [0, 0.05) is 19.1 Å². The zero-order valence-corrected chi connectivity index (χ0v) is 8.78. The number of carbonyl (C=O) groups is 1. The van der Waals surface area contributed by atoms with Crippen molar-refractivity contribution < 1.29 is 9.53 Å². The molecule has 0 aromatic rings. The third-order valence-corrected chi connectivity index (χ3v) is 2.67. The van der Waals surface area contributed by atoms with E-state index in [1.54, 1.807) is 4.90 Å². The first-order valence-corrected chi connectivity index (χ1v) is 4.55. The third kappa shape index (κ3) is 2.12. The van der Waals surface area contributed by atoms with Crippen LogP contribution in [0.2, 0.25) is 0 Å². The van der Waals surface area contributed by atoms with Crippen LogP contribution in [0.15, 0.2) is 0 Å². The van der Waals surface area contributed by atoms with E-state index in [0.717, 1.165) is 13.1 Å². The van der Waals surface area contributed by atoms with E-state index in [4.69, 9.17) is 0 Å². The maximum atomic E-state index is 11.2. The van der Waals surface area contributed by atoms with Crippen molar-refractivity contribution in [2.75, 3.05) is 34.3 Å². The van der Waals surface area contributed by atoms with Gasteiger partial charge in [0.2, 0.25) is 0 Å². The van der Waals surface area contributed by atoms with Crippen molar-refractivity contribution >= 4 is 6.09 Å². The van der Waals surface area contributed by atoms with Crippen LogP contribution in [-0.4, -0.2) is 56.2 Å². The van der Waals surface area contributed by atoms with Crippen LogP contribution in [0, 0.1) is 5.92 Å². The van der Waals surface area contributed by atoms with Crippen LogP contribution >= 0.6 is 0 Å². The van der Waals surface area contributed by atoms with E-state index in [0.29, 0.717) is 12.0 Å². The molecule has 2 atom stereocenters. The lowest BCUT2D eigenvalue weighted by molar-refractivity contribution is 0.130. The molecule has 1 aliphatic rings. The summed E-state index contributed by atoms with van der Waals surface area (Å²) >= 11 is 0. The molecular weight excluding hydrogens is 168 g/mol. The molecule has 0 bridgehead atoms. The number of carbonyl (C=O) groups excluding carboxylic acids is 1. The molecule has 1 saturated heterocycles. The van der Waals surface area contributed by atoms with E-state index < -0.39 is 0 Å². The standard InChI is InChI=1S/C9H18N2O2/c1-7-5-11(9(12)13-4)6-8(7)10(2)3/h7-8H,5-6H2,1-4H3. The lowest BCUT2D eigenvalue weighted by atomic mass is 10.1. The summed E-state index contributed by atoms with van der Waals surface area (Å²) in [4.78, 5) is 15.1. The van der Waals surface area contributed by atoms with Gasteiger partial charge in [-0.1, -0.05) is 6.92 Å². The minimum absolute atomic E-state index is 0.212. The van der Waals surface area contributed by atoms with Crippen LogP contribution in [-0.2, 0) is 4.74 Å². The highest BCUT2D eigenvalue weighted by molar-refractivity contribution is 5.67. The molecule has 0 aromatic carbocycles. The highest BCUT2D eigenvalue weighted by Gasteiger charge is 2.33. The van der Waals surface area contributed by atoms with Gasteiger partial charge in [-0.05, 0) is 20.0 Å². The molecule has 13 heavy (non-hydrogen) atoms. The molecule has 0 spiro atoms. The van der Waals surface area contributed by atoms with E-state index in [1.807, 2.05) is 14.1 Å². The van der Waals surface area contributed by atoms with Gasteiger partial charge >= 0.3 is 6.09 Å². The number of ether oxygens (including phenoxy) is 1. The molecule has 0 radical (unpaired) electrons. The van der Waals surface area contributed by atoms with Crippen LogP contribution in [0.5, 0.6) is 0 Å². The van der Waals surface area contributed by atoms with Crippen molar-refractivity contribution in [3.05, 3.63) is 0 Å². The van der Waals surface area contributed by atoms with Gasteiger partial charge in [-0.15, -0.1) is 0 Å². The minimum Gasteiger partial charge on any atom is -0.453 e. The number of nitrogens with zero attached hydrogens (tertiary/aromatic N) is 2. The predicted molar refractivity (Wildman–Crippen MR) is 50.6 cm³/mol. The topological polar surface area (TPSA) is 32.8 Å². The second-order valence-corrected chi connectivity index (χ2v) is 3.88. The summed E-state index contributed by atoms with van der Waals surface area (Å²) in [5.74, 6) is 0.522. The van der Waals surface area contributed by atoms with Crippen molar-refractivity contribution in [3.63, 3.8) is 0 Å². The van der Waals surface area contributed by atoms with Crippen molar-refractivity contribution in [2.24, 2.45) is 5.92 Å². The molecule has 1 fully saturated rings.